The highest BCUT2D eigenvalue weighted by atomic mass is 79.9. The largest absolute Gasteiger partial charge is 0.357 e. The second kappa shape index (κ2) is 3.12. The number of hydrogen-bond acceptors (Lipinski definition) is 2. The molecule has 0 saturated heterocycles. The summed E-state index contributed by atoms with van der Waals surface area (Å²) in [6, 6.07) is 4.03. The Kier molecular flexibility index (Phi) is 2.06. The second-order valence-electron chi connectivity index (χ2n) is 5.51. The zero-order valence-corrected chi connectivity index (χ0v) is 12.0. The molecular formula is C13H15BrN2O. The predicted molar refractivity (Wildman–Crippen MR) is 70.0 cm³/mol. The van der Waals surface area contributed by atoms with Crippen LogP contribution in [0.5, 0.6) is 0 Å². The molecule has 0 N–H and O–H groups in total. The molecule has 0 bridgehead atoms. The van der Waals surface area contributed by atoms with E-state index < -0.39 is 0 Å². The molecule has 2 aromatic heterocycles. The first-order valence-electron chi connectivity index (χ1n) is 5.70. The molecule has 1 aliphatic rings. The summed E-state index contributed by atoms with van der Waals surface area (Å²) in [5.74, 6) is 0. The lowest BCUT2D eigenvalue weighted by Crippen LogP contribution is -2.24. The van der Waals surface area contributed by atoms with E-state index in [0.29, 0.717) is 0 Å². The number of fused-ring (bicyclic) bond motifs is 3. The van der Waals surface area contributed by atoms with Crippen LogP contribution in [0.15, 0.2) is 22.8 Å². The van der Waals surface area contributed by atoms with Crippen molar-refractivity contribution in [3.05, 3.63) is 34.2 Å². The lowest BCUT2D eigenvalue weighted by molar-refractivity contribution is -0.108. The molecule has 90 valence electrons. The van der Waals surface area contributed by atoms with E-state index in [9.17, 15) is 0 Å². The Morgan fingerprint density at radius 2 is 1.88 bits per heavy atom. The summed E-state index contributed by atoms with van der Waals surface area (Å²) in [5, 5.41) is 0. The highest BCUT2D eigenvalue weighted by molar-refractivity contribution is 9.10. The fraction of sp³-hybridized carbons (Fsp3) is 0.462. The Morgan fingerprint density at radius 3 is 2.59 bits per heavy atom. The van der Waals surface area contributed by atoms with Crippen molar-refractivity contribution in [2.24, 2.45) is 0 Å². The van der Waals surface area contributed by atoms with E-state index in [0.717, 1.165) is 21.5 Å². The van der Waals surface area contributed by atoms with Crippen LogP contribution in [-0.2, 0) is 15.9 Å². The minimum Gasteiger partial charge on any atom is -0.357 e. The van der Waals surface area contributed by atoms with Gasteiger partial charge in [0, 0.05) is 10.7 Å². The van der Waals surface area contributed by atoms with Gasteiger partial charge in [-0.25, -0.2) is 4.98 Å². The normalized spacial score (nSPS) is 20.8. The fourth-order valence-corrected chi connectivity index (χ4v) is 3.09. The van der Waals surface area contributed by atoms with Crippen molar-refractivity contribution in [3.8, 4) is 0 Å². The monoisotopic (exact) mass is 294 g/mol. The third-order valence-corrected chi connectivity index (χ3v) is 3.70. The number of imidazole rings is 1. The molecule has 0 fully saturated rings. The number of pyridine rings is 1. The maximum atomic E-state index is 6.10. The summed E-state index contributed by atoms with van der Waals surface area (Å²) >= 11 is 3.50. The van der Waals surface area contributed by atoms with Crippen molar-refractivity contribution in [1.29, 1.82) is 0 Å². The standard InChI is InChI=1S/C13H15BrN2O/c1-12(2)10-11(13(3,4)17-12)16-7-8(14)5-6-9(16)15-10/h5-7H,1-4H3. The van der Waals surface area contributed by atoms with Crippen molar-refractivity contribution in [3.63, 3.8) is 0 Å². The van der Waals surface area contributed by atoms with Gasteiger partial charge in [-0.2, -0.15) is 0 Å². The summed E-state index contributed by atoms with van der Waals surface area (Å²) in [6.07, 6.45) is 2.05. The molecule has 0 radical (unpaired) electrons. The molecule has 17 heavy (non-hydrogen) atoms. The SMILES string of the molecule is CC1(C)OC(C)(C)c2c1nc1ccc(Br)cn21. The molecule has 0 aliphatic carbocycles. The molecule has 0 spiro atoms. The topological polar surface area (TPSA) is 26.5 Å². The number of nitrogens with zero attached hydrogens (tertiary/aromatic N) is 2. The molecule has 0 aromatic carbocycles. The van der Waals surface area contributed by atoms with Crippen molar-refractivity contribution in [2.45, 2.75) is 38.9 Å². The van der Waals surface area contributed by atoms with Gasteiger partial charge in [0.05, 0.1) is 11.4 Å². The van der Waals surface area contributed by atoms with Gasteiger partial charge >= 0.3 is 0 Å². The minimum absolute atomic E-state index is 0.307. The molecule has 4 heteroatoms. The average molecular weight is 295 g/mol. The van der Waals surface area contributed by atoms with Crippen molar-refractivity contribution < 1.29 is 4.74 Å². The third kappa shape index (κ3) is 1.47. The van der Waals surface area contributed by atoms with Gasteiger partial charge in [0.2, 0.25) is 0 Å². The van der Waals surface area contributed by atoms with Gasteiger partial charge in [-0.3, -0.25) is 4.40 Å². The second-order valence-corrected chi connectivity index (χ2v) is 6.42. The van der Waals surface area contributed by atoms with Crippen molar-refractivity contribution in [2.75, 3.05) is 0 Å². The fourth-order valence-electron chi connectivity index (χ4n) is 2.75. The quantitative estimate of drug-likeness (QED) is 0.742. The molecule has 0 atom stereocenters. The van der Waals surface area contributed by atoms with Crippen LogP contribution >= 0.6 is 15.9 Å². The van der Waals surface area contributed by atoms with Gasteiger partial charge in [0.1, 0.15) is 16.8 Å². The van der Waals surface area contributed by atoms with Crippen LogP contribution in [0.4, 0.5) is 0 Å². The molecule has 1 aliphatic heterocycles. The lowest BCUT2D eigenvalue weighted by Gasteiger charge is -2.25. The number of aromatic nitrogens is 2. The number of halogens is 1. The molecule has 0 amide bonds. The van der Waals surface area contributed by atoms with E-state index in [1.165, 1.54) is 0 Å². The van der Waals surface area contributed by atoms with Crippen LogP contribution in [0.2, 0.25) is 0 Å². The first-order chi connectivity index (χ1) is 7.81. The first kappa shape index (κ1) is 11.2. The molecule has 0 unspecified atom stereocenters. The van der Waals surface area contributed by atoms with E-state index >= 15 is 0 Å². The van der Waals surface area contributed by atoms with Crippen LogP contribution in [-0.4, -0.2) is 9.38 Å². The highest BCUT2D eigenvalue weighted by Crippen LogP contribution is 2.46. The van der Waals surface area contributed by atoms with Crippen LogP contribution in [0.25, 0.3) is 5.65 Å². The molecule has 3 rings (SSSR count). The van der Waals surface area contributed by atoms with Crippen LogP contribution in [0, 0.1) is 0 Å². The smallest absolute Gasteiger partial charge is 0.137 e. The Hall–Kier alpha value is -0.870. The highest BCUT2D eigenvalue weighted by Gasteiger charge is 2.47. The summed E-state index contributed by atoms with van der Waals surface area (Å²) in [6.45, 7) is 8.33. The molecule has 3 nitrogen and oxygen atoms in total. The minimum atomic E-state index is -0.322. The molecule has 2 aromatic rings. The van der Waals surface area contributed by atoms with Crippen LogP contribution in [0.1, 0.15) is 39.1 Å². The zero-order valence-electron chi connectivity index (χ0n) is 10.4. The Morgan fingerprint density at radius 1 is 1.18 bits per heavy atom. The van der Waals surface area contributed by atoms with E-state index in [4.69, 9.17) is 9.72 Å². The van der Waals surface area contributed by atoms with Gasteiger partial charge in [0.25, 0.3) is 0 Å². The van der Waals surface area contributed by atoms with Crippen LogP contribution < -0.4 is 0 Å². The molecular weight excluding hydrogens is 280 g/mol. The Labute approximate surface area is 109 Å². The third-order valence-electron chi connectivity index (χ3n) is 3.23. The predicted octanol–water partition coefficient (Wildman–Crippen LogP) is 3.60. The first-order valence-corrected chi connectivity index (χ1v) is 6.49. The van der Waals surface area contributed by atoms with E-state index in [1.807, 2.05) is 18.3 Å². The van der Waals surface area contributed by atoms with E-state index in [-0.39, 0.29) is 11.2 Å². The Bertz CT molecular complexity index is 613. The number of hydrogen-bond donors (Lipinski definition) is 0. The van der Waals surface area contributed by atoms with Gasteiger partial charge in [-0.05, 0) is 55.8 Å². The van der Waals surface area contributed by atoms with Gasteiger partial charge in [-0.1, -0.05) is 0 Å². The zero-order chi connectivity index (χ0) is 12.4. The number of ether oxygens (including phenoxy) is 1. The van der Waals surface area contributed by atoms with Crippen LogP contribution in [0.3, 0.4) is 0 Å². The molecule has 0 saturated carbocycles. The summed E-state index contributed by atoms with van der Waals surface area (Å²) in [5.41, 5.74) is 2.54. The Balaban J connectivity index is 2.42. The summed E-state index contributed by atoms with van der Waals surface area (Å²) in [4.78, 5) is 4.70. The lowest BCUT2D eigenvalue weighted by atomic mass is 10.0. The maximum absolute atomic E-state index is 6.10. The van der Waals surface area contributed by atoms with E-state index in [1.54, 1.807) is 0 Å². The van der Waals surface area contributed by atoms with Gasteiger partial charge in [-0.15, -0.1) is 0 Å². The number of rotatable bonds is 0. The van der Waals surface area contributed by atoms with Crippen molar-refractivity contribution >= 4 is 21.6 Å². The maximum Gasteiger partial charge on any atom is 0.137 e. The van der Waals surface area contributed by atoms with Gasteiger partial charge < -0.3 is 4.74 Å². The average Bonchev–Trinajstić information content (AvgIpc) is 2.62. The van der Waals surface area contributed by atoms with Crippen molar-refractivity contribution in [1.82, 2.24) is 9.38 Å². The van der Waals surface area contributed by atoms with Gasteiger partial charge in [0.15, 0.2) is 0 Å². The molecule has 3 heterocycles. The van der Waals surface area contributed by atoms with E-state index in [2.05, 4.69) is 48.0 Å². The summed E-state index contributed by atoms with van der Waals surface area (Å²) < 4.78 is 9.26. The summed E-state index contributed by atoms with van der Waals surface area (Å²) in [7, 11) is 0.